The molecule has 1 heterocycles. The molecule has 0 amide bonds. The van der Waals surface area contributed by atoms with Gasteiger partial charge in [0.25, 0.3) is 0 Å². The van der Waals surface area contributed by atoms with Crippen LogP contribution in [0.5, 0.6) is 5.75 Å². The van der Waals surface area contributed by atoms with Gasteiger partial charge < -0.3 is 35.0 Å². The first-order valence-electron chi connectivity index (χ1n) is 10.9. The summed E-state index contributed by atoms with van der Waals surface area (Å²) < 4.78 is 11.6. The Morgan fingerprint density at radius 1 is 0.938 bits per heavy atom. The van der Waals surface area contributed by atoms with Crippen LogP contribution in [0.15, 0.2) is 42.5 Å². The van der Waals surface area contributed by atoms with Gasteiger partial charge >= 0.3 is 0 Å². The lowest BCUT2D eigenvalue weighted by atomic mass is 9.90. The van der Waals surface area contributed by atoms with E-state index < -0.39 is 37.1 Å². The van der Waals surface area contributed by atoms with Crippen LogP contribution >= 0.6 is 11.6 Å². The van der Waals surface area contributed by atoms with Crippen molar-refractivity contribution in [3.8, 4) is 5.75 Å². The third-order valence-corrected chi connectivity index (χ3v) is 6.64. The summed E-state index contributed by atoms with van der Waals surface area (Å²) in [6.07, 6.45) is -3.47. The molecule has 32 heavy (non-hydrogen) atoms. The SMILES string of the molecule is OC[C@H]1O[C@@H](c2ccc(Cl)c(Cc3ccc(O[C@@H]4CC[C@@H](O)C4)cc3)c2)[C@H](O)[C@@H](O)[C@@H]1O. The second-order valence-corrected chi connectivity index (χ2v) is 9.03. The van der Waals surface area contributed by atoms with Gasteiger partial charge in [-0.1, -0.05) is 35.9 Å². The molecule has 1 aliphatic carbocycles. The van der Waals surface area contributed by atoms with Crippen molar-refractivity contribution in [3.05, 3.63) is 64.2 Å². The van der Waals surface area contributed by atoms with Crippen molar-refractivity contribution in [2.45, 2.75) is 68.4 Å². The van der Waals surface area contributed by atoms with Gasteiger partial charge in [0.05, 0.1) is 12.7 Å². The van der Waals surface area contributed by atoms with Gasteiger partial charge in [-0.2, -0.15) is 0 Å². The van der Waals surface area contributed by atoms with Crippen molar-refractivity contribution in [2.24, 2.45) is 0 Å². The first-order chi connectivity index (χ1) is 15.4. The molecule has 1 aliphatic heterocycles. The Kier molecular flexibility index (Phi) is 7.37. The standard InChI is InChI=1S/C24H29ClO7/c25-19-8-3-14(24-23(30)22(29)21(28)20(12-26)32-24)10-15(19)9-13-1-5-17(6-2-13)31-18-7-4-16(27)11-18/h1-3,5-6,8,10,16,18,20-24,26-30H,4,7,9,11-12H2/t16-,18-,20-,21-,22+,23-,24+/m1/s1. The fourth-order valence-corrected chi connectivity index (χ4v) is 4.59. The maximum Gasteiger partial charge on any atom is 0.119 e. The van der Waals surface area contributed by atoms with E-state index in [9.17, 15) is 25.5 Å². The highest BCUT2D eigenvalue weighted by Crippen LogP contribution is 2.34. The maximum atomic E-state index is 10.4. The Morgan fingerprint density at radius 2 is 1.69 bits per heavy atom. The van der Waals surface area contributed by atoms with Crippen molar-refractivity contribution < 1.29 is 35.0 Å². The molecule has 0 radical (unpaired) electrons. The number of rotatable bonds is 6. The van der Waals surface area contributed by atoms with Crippen molar-refractivity contribution in [3.63, 3.8) is 0 Å². The molecule has 0 spiro atoms. The molecule has 7 atom stereocenters. The van der Waals surface area contributed by atoms with Crippen molar-refractivity contribution in [1.82, 2.24) is 0 Å². The van der Waals surface area contributed by atoms with Crippen LogP contribution in [0.1, 0.15) is 42.1 Å². The van der Waals surface area contributed by atoms with E-state index >= 15 is 0 Å². The minimum atomic E-state index is -1.43. The summed E-state index contributed by atoms with van der Waals surface area (Å²) in [5, 5.41) is 50.1. The molecule has 0 aromatic heterocycles. The van der Waals surface area contributed by atoms with E-state index in [0.717, 1.165) is 29.7 Å². The molecule has 2 aromatic carbocycles. The molecule has 2 aliphatic rings. The number of aliphatic hydroxyl groups is 5. The van der Waals surface area contributed by atoms with Crippen LogP contribution in [-0.4, -0.2) is 68.8 Å². The lowest BCUT2D eigenvalue weighted by molar-refractivity contribution is -0.231. The van der Waals surface area contributed by atoms with Crippen LogP contribution in [0, 0.1) is 0 Å². The molecule has 8 heteroatoms. The molecule has 4 rings (SSSR count). The Bertz CT molecular complexity index is 904. The number of benzene rings is 2. The van der Waals surface area contributed by atoms with E-state index in [0.29, 0.717) is 23.4 Å². The minimum absolute atomic E-state index is 0.0421. The summed E-state index contributed by atoms with van der Waals surface area (Å²) in [4.78, 5) is 0. The molecule has 0 unspecified atom stereocenters. The molecular weight excluding hydrogens is 436 g/mol. The lowest BCUT2D eigenvalue weighted by Crippen LogP contribution is -2.55. The lowest BCUT2D eigenvalue weighted by Gasteiger charge is -2.40. The number of hydrogen-bond donors (Lipinski definition) is 5. The van der Waals surface area contributed by atoms with Gasteiger partial charge in [0.1, 0.15) is 42.4 Å². The summed E-state index contributed by atoms with van der Waals surface area (Å²) in [5.74, 6) is 0.758. The van der Waals surface area contributed by atoms with Crippen LogP contribution in [0.4, 0.5) is 0 Å². The molecule has 2 fully saturated rings. The van der Waals surface area contributed by atoms with Crippen LogP contribution < -0.4 is 4.74 Å². The Labute approximate surface area is 191 Å². The fraction of sp³-hybridized carbons (Fsp3) is 0.500. The predicted octanol–water partition coefficient (Wildman–Crippen LogP) is 1.74. The van der Waals surface area contributed by atoms with Gasteiger partial charge in [0, 0.05) is 11.4 Å². The van der Waals surface area contributed by atoms with Gasteiger partial charge in [0.2, 0.25) is 0 Å². The third kappa shape index (κ3) is 5.10. The molecule has 7 nitrogen and oxygen atoms in total. The number of aliphatic hydroxyl groups excluding tert-OH is 5. The van der Waals surface area contributed by atoms with Crippen LogP contribution in [0.3, 0.4) is 0 Å². The van der Waals surface area contributed by atoms with Crippen molar-refractivity contribution in [1.29, 1.82) is 0 Å². The van der Waals surface area contributed by atoms with Gasteiger partial charge in [-0.3, -0.25) is 0 Å². The largest absolute Gasteiger partial charge is 0.490 e. The minimum Gasteiger partial charge on any atom is -0.490 e. The van der Waals surface area contributed by atoms with E-state index in [4.69, 9.17) is 21.1 Å². The zero-order valence-electron chi connectivity index (χ0n) is 17.5. The second kappa shape index (κ2) is 10.1. The number of hydrogen-bond acceptors (Lipinski definition) is 7. The Balaban J connectivity index is 1.47. The predicted molar refractivity (Wildman–Crippen MR) is 118 cm³/mol. The highest BCUT2D eigenvalue weighted by molar-refractivity contribution is 6.31. The zero-order valence-corrected chi connectivity index (χ0v) is 18.3. The molecule has 1 saturated carbocycles. The fourth-order valence-electron chi connectivity index (χ4n) is 4.41. The van der Waals surface area contributed by atoms with E-state index in [2.05, 4.69) is 0 Å². The van der Waals surface area contributed by atoms with Crippen LogP contribution in [0.2, 0.25) is 5.02 Å². The van der Waals surface area contributed by atoms with Gasteiger partial charge in [-0.05, 0) is 54.2 Å². The van der Waals surface area contributed by atoms with E-state index in [1.165, 1.54) is 0 Å². The zero-order chi connectivity index (χ0) is 22.8. The normalized spacial score (nSPS) is 32.8. The molecule has 174 valence electrons. The summed E-state index contributed by atoms with van der Waals surface area (Å²) in [7, 11) is 0. The molecular formula is C24H29ClO7. The smallest absolute Gasteiger partial charge is 0.119 e. The summed E-state index contributed by atoms with van der Waals surface area (Å²) in [5.41, 5.74) is 2.42. The Hall–Kier alpha value is -1.71. The highest BCUT2D eigenvalue weighted by Gasteiger charge is 2.44. The van der Waals surface area contributed by atoms with E-state index in [1.54, 1.807) is 18.2 Å². The van der Waals surface area contributed by atoms with Crippen LogP contribution in [-0.2, 0) is 11.2 Å². The first-order valence-corrected chi connectivity index (χ1v) is 11.3. The maximum absolute atomic E-state index is 10.4. The van der Waals surface area contributed by atoms with E-state index in [-0.39, 0.29) is 12.2 Å². The summed E-state index contributed by atoms with van der Waals surface area (Å²) in [6, 6.07) is 12.9. The summed E-state index contributed by atoms with van der Waals surface area (Å²) in [6.45, 7) is -0.476. The molecule has 2 aromatic rings. The van der Waals surface area contributed by atoms with Crippen molar-refractivity contribution in [2.75, 3.05) is 6.61 Å². The van der Waals surface area contributed by atoms with Crippen molar-refractivity contribution >= 4 is 11.6 Å². The quantitative estimate of drug-likeness (QED) is 0.441. The molecule has 5 N–H and O–H groups in total. The monoisotopic (exact) mass is 464 g/mol. The Morgan fingerprint density at radius 3 is 2.34 bits per heavy atom. The summed E-state index contributed by atoms with van der Waals surface area (Å²) >= 11 is 6.41. The van der Waals surface area contributed by atoms with Crippen LogP contribution in [0.25, 0.3) is 0 Å². The van der Waals surface area contributed by atoms with Gasteiger partial charge in [-0.25, -0.2) is 0 Å². The number of halogens is 1. The average Bonchev–Trinajstić information content (AvgIpc) is 3.20. The number of ether oxygens (including phenoxy) is 2. The highest BCUT2D eigenvalue weighted by atomic mass is 35.5. The van der Waals surface area contributed by atoms with Gasteiger partial charge in [-0.15, -0.1) is 0 Å². The molecule has 1 saturated heterocycles. The average molecular weight is 465 g/mol. The topological polar surface area (TPSA) is 120 Å². The van der Waals surface area contributed by atoms with E-state index in [1.807, 2.05) is 24.3 Å². The molecule has 0 bridgehead atoms. The third-order valence-electron chi connectivity index (χ3n) is 6.27. The van der Waals surface area contributed by atoms with Gasteiger partial charge in [0.15, 0.2) is 0 Å². The first kappa shape index (κ1) is 23.4. The second-order valence-electron chi connectivity index (χ2n) is 8.63.